The average Bonchev–Trinajstić information content (AvgIpc) is 2.37. The summed E-state index contributed by atoms with van der Waals surface area (Å²) in [5, 5.41) is 11.4. The summed E-state index contributed by atoms with van der Waals surface area (Å²) in [7, 11) is 0. The molecule has 104 valence electrons. The molecule has 0 bridgehead atoms. The highest BCUT2D eigenvalue weighted by Crippen LogP contribution is 2.26. The molecular weight excluding hydrogens is 264 g/mol. The molecule has 0 fully saturated rings. The molecule has 0 saturated heterocycles. The van der Waals surface area contributed by atoms with E-state index in [2.05, 4.69) is 5.32 Å². The molecule has 0 spiro atoms. The first kappa shape index (κ1) is 14.0. The third-order valence-electron chi connectivity index (χ3n) is 3.07. The fourth-order valence-corrected chi connectivity index (χ4v) is 1.78. The van der Waals surface area contributed by atoms with Crippen LogP contribution in [0.5, 0.6) is 0 Å². The summed E-state index contributed by atoms with van der Waals surface area (Å²) in [6.07, 6.45) is 0. The quantitative estimate of drug-likeness (QED) is 0.890. The van der Waals surface area contributed by atoms with Gasteiger partial charge in [-0.15, -0.1) is 0 Å². The van der Waals surface area contributed by atoms with Crippen molar-refractivity contribution < 1.29 is 18.7 Å². The highest BCUT2D eigenvalue weighted by atomic mass is 19.1. The maximum atomic E-state index is 13.8. The number of anilines is 2. The van der Waals surface area contributed by atoms with Gasteiger partial charge in [-0.05, 0) is 49.2 Å². The van der Waals surface area contributed by atoms with E-state index in [-0.39, 0.29) is 5.69 Å². The first-order chi connectivity index (χ1) is 9.38. The number of benzene rings is 2. The predicted molar refractivity (Wildman–Crippen MR) is 72.5 cm³/mol. The number of nitrogens with one attached hydrogen (secondary N) is 1. The van der Waals surface area contributed by atoms with E-state index in [0.717, 1.165) is 23.3 Å². The van der Waals surface area contributed by atoms with E-state index >= 15 is 0 Å². The van der Waals surface area contributed by atoms with Crippen LogP contribution in [0, 0.1) is 25.5 Å². The molecule has 2 aromatic rings. The Bertz CT molecular complexity index is 661. The van der Waals surface area contributed by atoms with E-state index in [1.165, 1.54) is 0 Å². The van der Waals surface area contributed by atoms with Gasteiger partial charge in [-0.2, -0.15) is 0 Å². The second-order valence-corrected chi connectivity index (χ2v) is 4.54. The van der Waals surface area contributed by atoms with Crippen LogP contribution in [0.2, 0.25) is 0 Å². The second-order valence-electron chi connectivity index (χ2n) is 4.54. The summed E-state index contributed by atoms with van der Waals surface area (Å²) >= 11 is 0. The Morgan fingerprint density at radius 1 is 1.05 bits per heavy atom. The number of carboxylic acids is 1. The van der Waals surface area contributed by atoms with Gasteiger partial charge in [0.25, 0.3) is 0 Å². The number of aromatic carboxylic acids is 1. The average molecular weight is 277 g/mol. The molecule has 2 N–H and O–H groups in total. The Morgan fingerprint density at radius 2 is 1.65 bits per heavy atom. The summed E-state index contributed by atoms with van der Waals surface area (Å²) in [6, 6.07) is 6.87. The fraction of sp³-hybridized carbons (Fsp3) is 0.133. The van der Waals surface area contributed by atoms with Crippen molar-refractivity contribution in [1.29, 1.82) is 0 Å². The highest BCUT2D eigenvalue weighted by molar-refractivity contribution is 5.88. The van der Waals surface area contributed by atoms with Crippen LogP contribution in [0.15, 0.2) is 30.3 Å². The molecule has 0 atom stereocenters. The minimum atomic E-state index is -1.37. The molecule has 0 saturated carbocycles. The normalized spacial score (nSPS) is 10.4. The van der Waals surface area contributed by atoms with Gasteiger partial charge in [0.2, 0.25) is 0 Å². The summed E-state index contributed by atoms with van der Waals surface area (Å²) in [4.78, 5) is 10.7. The van der Waals surface area contributed by atoms with E-state index in [9.17, 15) is 13.6 Å². The van der Waals surface area contributed by atoms with Gasteiger partial charge in [-0.1, -0.05) is 6.07 Å². The highest BCUT2D eigenvalue weighted by Gasteiger charge is 2.15. The Hall–Kier alpha value is -2.43. The summed E-state index contributed by atoms with van der Waals surface area (Å²) < 4.78 is 27.5. The zero-order valence-corrected chi connectivity index (χ0v) is 11.0. The lowest BCUT2D eigenvalue weighted by Crippen LogP contribution is -2.03. The van der Waals surface area contributed by atoms with Crippen LogP contribution in [0.1, 0.15) is 21.5 Å². The monoisotopic (exact) mass is 277 g/mol. The molecule has 3 nitrogen and oxygen atoms in total. The van der Waals surface area contributed by atoms with Crippen molar-refractivity contribution in [2.75, 3.05) is 5.32 Å². The number of aryl methyl sites for hydroxylation is 2. The van der Waals surface area contributed by atoms with Gasteiger partial charge in [0.15, 0.2) is 11.6 Å². The molecule has 0 aliphatic carbocycles. The van der Waals surface area contributed by atoms with Gasteiger partial charge in [0.1, 0.15) is 5.69 Å². The molecule has 20 heavy (non-hydrogen) atoms. The lowest BCUT2D eigenvalue weighted by atomic mass is 10.1. The van der Waals surface area contributed by atoms with E-state index < -0.39 is 23.2 Å². The minimum absolute atomic E-state index is 0.363. The van der Waals surface area contributed by atoms with Gasteiger partial charge in [0, 0.05) is 5.69 Å². The number of carbonyl (C=O) groups is 1. The topological polar surface area (TPSA) is 49.3 Å². The molecule has 0 unspecified atom stereocenters. The fourth-order valence-electron chi connectivity index (χ4n) is 1.78. The van der Waals surface area contributed by atoms with Crippen molar-refractivity contribution in [1.82, 2.24) is 0 Å². The molecule has 2 aromatic carbocycles. The lowest BCUT2D eigenvalue weighted by Gasteiger charge is -2.11. The lowest BCUT2D eigenvalue weighted by molar-refractivity contribution is 0.0696. The van der Waals surface area contributed by atoms with Crippen LogP contribution in [0.4, 0.5) is 20.2 Å². The van der Waals surface area contributed by atoms with Crippen molar-refractivity contribution in [3.63, 3.8) is 0 Å². The van der Waals surface area contributed by atoms with Crippen LogP contribution in [0.25, 0.3) is 0 Å². The number of halogens is 2. The van der Waals surface area contributed by atoms with E-state index in [1.807, 2.05) is 19.9 Å². The van der Waals surface area contributed by atoms with Gasteiger partial charge >= 0.3 is 5.97 Å². The molecule has 2 rings (SSSR count). The van der Waals surface area contributed by atoms with Crippen molar-refractivity contribution in [3.05, 3.63) is 58.7 Å². The van der Waals surface area contributed by atoms with E-state index in [0.29, 0.717) is 5.69 Å². The number of hydrogen-bond donors (Lipinski definition) is 2. The molecule has 0 heterocycles. The third kappa shape index (κ3) is 2.77. The van der Waals surface area contributed by atoms with Gasteiger partial charge in [-0.25, -0.2) is 13.6 Å². The molecular formula is C15H13F2NO2. The summed E-state index contributed by atoms with van der Waals surface area (Å²) in [6.45, 7) is 3.82. The second kappa shape index (κ2) is 5.28. The zero-order valence-electron chi connectivity index (χ0n) is 11.0. The van der Waals surface area contributed by atoms with Crippen molar-refractivity contribution in [2.45, 2.75) is 13.8 Å². The Kier molecular flexibility index (Phi) is 3.70. The first-order valence-corrected chi connectivity index (χ1v) is 5.95. The van der Waals surface area contributed by atoms with Crippen molar-refractivity contribution in [2.24, 2.45) is 0 Å². The van der Waals surface area contributed by atoms with Crippen LogP contribution in [-0.4, -0.2) is 11.1 Å². The Labute approximate surface area is 114 Å². The standard InChI is InChI=1S/C15H13F2NO2/c1-8-3-4-11(5-9(8)2)18-14-12(16)6-10(15(19)20)7-13(14)17/h3-7,18H,1-2H3,(H,19,20). The van der Waals surface area contributed by atoms with Crippen LogP contribution < -0.4 is 5.32 Å². The minimum Gasteiger partial charge on any atom is -0.478 e. The van der Waals surface area contributed by atoms with Gasteiger partial charge in [-0.3, -0.25) is 0 Å². The number of carboxylic acid groups (broad SMARTS) is 1. The largest absolute Gasteiger partial charge is 0.478 e. The first-order valence-electron chi connectivity index (χ1n) is 5.95. The summed E-state index contributed by atoms with van der Waals surface area (Å²) in [5.74, 6) is -3.26. The van der Waals surface area contributed by atoms with Crippen molar-refractivity contribution in [3.8, 4) is 0 Å². The van der Waals surface area contributed by atoms with Crippen LogP contribution >= 0.6 is 0 Å². The van der Waals surface area contributed by atoms with Crippen LogP contribution in [-0.2, 0) is 0 Å². The predicted octanol–water partition coefficient (Wildman–Crippen LogP) is 4.02. The number of hydrogen-bond acceptors (Lipinski definition) is 2. The Balaban J connectivity index is 2.38. The maximum absolute atomic E-state index is 13.8. The molecule has 0 aliphatic heterocycles. The van der Waals surface area contributed by atoms with Gasteiger partial charge in [0.05, 0.1) is 5.56 Å². The molecule has 0 aliphatic rings. The smallest absolute Gasteiger partial charge is 0.335 e. The molecule has 0 radical (unpaired) electrons. The van der Waals surface area contributed by atoms with E-state index in [4.69, 9.17) is 5.11 Å². The molecule has 0 aromatic heterocycles. The van der Waals surface area contributed by atoms with Gasteiger partial charge < -0.3 is 10.4 Å². The van der Waals surface area contributed by atoms with E-state index in [1.54, 1.807) is 12.1 Å². The molecule has 0 amide bonds. The SMILES string of the molecule is Cc1ccc(Nc2c(F)cc(C(=O)O)cc2F)cc1C. The zero-order chi connectivity index (χ0) is 14.9. The van der Waals surface area contributed by atoms with Crippen LogP contribution in [0.3, 0.4) is 0 Å². The molecule has 5 heteroatoms. The Morgan fingerprint density at radius 3 is 2.15 bits per heavy atom. The maximum Gasteiger partial charge on any atom is 0.335 e. The number of rotatable bonds is 3. The summed E-state index contributed by atoms with van der Waals surface area (Å²) in [5.41, 5.74) is 1.80. The third-order valence-corrected chi connectivity index (χ3v) is 3.07. The van der Waals surface area contributed by atoms with Crippen molar-refractivity contribution >= 4 is 17.3 Å².